The van der Waals surface area contributed by atoms with Crippen molar-refractivity contribution in [3.05, 3.63) is 29.8 Å². The first-order chi connectivity index (χ1) is 17.7. The summed E-state index contributed by atoms with van der Waals surface area (Å²) in [6.45, 7) is 4.54. The second-order valence-electron chi connectivity index (χ2n) is 10.9. The third-order valence-electron chi connectivity index (χ3n) is 7.36. The van der Waals surface area contributed by atoms with Gasteiger partial charge in [0.2, 0.25) is 0 Å². The van der Waals surface area contributed by atoms with Crippen LogP contribution in [-0.4, -0.2) is 17.2 Å². The molecule has 1 unspecified atom stereocenters. The highest BCUT2D eigenvalue weighted by atomic mass is 16.5. The van der Waals surface area contributed by atoms with Crippen molar-refractivity contribution < 1.29 is 14.6 Å². The van der Waals surface area contributed by atoms with Gasteiger partial charge in [0.1, 0.15) is 11.9 Å². The minimum Gasteiger partial charge on any atom is -0.508 e. The molecule has 0 aliphatic heterocycles. The van der Waals surface area contributed by atoms with Gasteiger partial charge in [-0.05, 0) is 49.8 Å². The van der Waals surface area contributed by atoms with E-state index in [1.165, 1.54) is 122 Å². The Morgan fingerprint density at radius 3 is 1.44 bits per heavy atom. The number of benzene rings is 1. The smallest absolute Gasteiger partial charge is 0.306 e. The van der Waals surface area contributed by atoms with Crippen molar-refractivity contribution in [2.24, 2.45) is 0 Å². The van der Waals surface area contributed by atoms with E-state index in [-0.39, 0.29) is 17.8 Å². The fourth-order valence-electron chi connectivity index (χ4n) is 4.96. The summed E-state index contributed by atoms with van der Waals surface area (Å²) >= 11 is 0. The van der Waals surface area contributed by atoms with Crippen molar-refractivity contribution in [1.29, 1.82) is 0 Å². The second kappa shape index (κ2) is 23.9. The number of esters is 1. The maximum atomic E-state index is 12.6. The summed E-state index contributed by atoms with van der Waals surface area (Å²) in [5.74, 6) is 0.189. The van der Waals surface area contributed by atoms with Gasteiger partial charge in [-0.15, -0.1) is 0 Å². The molecule has 1 aromatic carbocycles. The fourth-order valence-corrected chi connectivity index (χ4v) is 4.96. The Kier molecular flexibility index (Phi) is 21.6. The Hall–Kier alpha value is -1.51. The Balaban J connectivity index is 2.25. The molecule has 0 saturated heterocycles. The minimum absolute atomic E-state index is 0.0734. The third kappa shape index (κ3) is 19.7. The molecule has 0 heterocycles. The molecule has 1 rings (SSSR count). The molecule has 0 saturated carbocycles. The van der Waals surface area contributed by atoms with Crippen LogP contribution in [0.4, 0.5) is 0 Å². The predicted molar refractivity (Wildman–Crippen MR) is 155 cm³/mol. The summed E-state index contributed by atoms with van der Waals surface area (Å²) in [5.41, 5.74) is 1.06. The molecule has 3 heteroatoms. The molecule has 1 aromatic rings. The van der Waals surface area contributed by atoms with Gasteiger partial charge in [-0.3, -0.25) is 4.79 Å². The number of rotatable bonds is 25. The standard InChI is InChI=1S/C33H58O3/c1-3-5-7-9-11-13-14-15-17-19-21-23-32(22-20-18-16-12-10-8-6-4-2)36-33(35)29-26-30-24-27-31(34)28-25-30/h24-25,27-28,32,34H,3-23,26,29H2,1-2H3. The van der Waals surface area contributed by atoms with Crippen LogP contribution in [0.1, 0.15) is 161 Å². The lowest BCUT2D eigenvalue weighted by molar-refractivity contribution is -0.149. The lowest BCUT2D eigenvalue weighted by Gasteiger charge is -2.18. The zero-order chi connectivity index (χ0) is 26.1. The van der Waals surface area contributed by atoms with E-state index in [9.17, 15) is 9.90 Å². The average molecular weight is 503 g/mol. The van der Waals surface area contributed by atoms with Crippen LogP contribution in [0.15, 0.2) is 24.3 Å². The van der Waals surface area contributed by atoms with Crippen molar-refractivity contribution in [2.75, 3.05) is 0 Å². The molecular formula is C33H58O3. The van der Waals surface area contributed by atoms with Gasteiger partial charge in [0.15, 0.2) is 0 Å². The number of carbonyl (C=O) groups is 1. The molecule has 0 aromatic heterocycles. The quantitative estimate of drug-likeness (QED) is 0.107. The van der Waals surface area contributed by atoms with Crippen molar-refractivity contribution >= 4 is 5.97 Å². The lowest BCUT2D eigenvalue weighted by Crippen LogP contribution is -2.19. The zero-order valence-electron chi connectivity index (χ0n) is 23.9. The van der Waals surface area contributed by atoms with E-state index in [2.05, 4.69) is 13.8 Å². The van der Waals surface area contributed by atoms with Crippen molar-refractivity contribution in [3.63, 3.8) is 0 Å². The predicted octanol–water partition coefficient (Wildman–Crippen LogP) is 10.5. The Morgan fingerprint density at radius 2 is 1.03 bits per heavy atom. The van der Waals surface area contributed by atoms with Crippen LogP contribution >= 0.6 is 0 Å². The molecule has 36 heavy (non-hydrogen) atoms. The Labute approximate surface area is 223 Å². The van der Waals surface area contributed by atoms with Crippen molar-refractivity contribution in [1.82, 2.24) is 0 Å². The Morgan fingerprint density at radius 1 is 0.639 bits per heavy atom. The van der Waals surface area contributed by atoms with E-state index < -0.39 is 0 Å². The lowest BCUT2D eigenvalue weighted by atomic mass is 10.0. The molecule has 0 aliphatic rings. The summed E-state index contributed by atoms with van der Waals surface area (Å²) in [5, 5.41) is 9.44. The summed E-state index contributed by atoms with van der Waals surface area (Å²) in [4.78, 5) is 12.6. The van der Waals surface area contributed by atoms with Crippen LogP contribution in [0.25, 0.3) is 0 Å². The van der Waals surface area contributed by atoms with Crippen LogP contribution in [0, 0.1) is 0 Å². The summed E-state index contributed by atoms with van der Waals surface area (Å²) in [6.07, 6.45) is 28.5. The number of unbranched alkanes of at least 4 members (excludes halogenated alkanes) is 17. The van der Waals surface area contributed by atoms with Gasteiger partial charge >= 0.3 is 5.97 Å². The molecule has 0 aliphatic carbocycles. The van der Waals surface area contributed by atoms with Gasteiger partial charge in [-0.25, -0.2) is 0 Å². The molecule has 0 spiro atoms. The Bertz CT molecular complexity index is 610. The first-order valence-electron chi connectivity index (χ1n) is 15.6. The SMILES string of the molecule is CCCCCCCCCCCCCC(CCCCCCCCCC)OC(=O)CCc1ccc(O)cc1. The minimum atomic E-state index is -0.0734. The third-order valence-corrected chi connectivity index (χ3v) is 7.36. The van der Waals surface area contributed by atoms with E-state index in [1.807, 2.05) is 12.1 Å². The number of phenolic OH excluding ortho intramolecular Hbond substituents is 1. The zero-order valence-corrected chi connectivity index (χ0v) is 23.9. The number of ether oxygens (including phenoxy) is 1. The molecule has 0 amide bonds. The maximum absolute atomic E-state index is 12.6. The molecule has 0 radical (unpaired) electrons. The van der Waals surface area contributed by atoms with Crippen molar-refractivity contribution in [2.45, 2.75) is 168 Å². The molecule has 208 valence electrons. The van der Waals surface area contributed by atoms with Crippen LogP contribution in [-0.2, 0) is 16.0 Å². The van der Waals surface area contributed by atoms with Crippen LogP contribution in [0.2, 0.25) is 0 Å². The molecule has 0 bridgehead atoms. The van der Waals surface area contributed by atoms with E-state index in [4.69, 9.17) is 4.74 Å². The summed E-state index contributed by atoms with van der Waals surface area (Å²) in [6, 6.07) is 7.12. The van der Waals surface area contributed by atoms with Gasteiger partial charge in [-0.1, -0.05) is 135 Å². The van der Waals surface area contributed by atoms with E-state index >= 15 is 0 Å². The monoisotopic (exact) mass is 502 g/mol. The topological polar surface area (TPSA) is 46.5 Å². The molecule has 3 nitrogen and oxygen atoms in total. The summed E-state index contributed by atoms with van der Waals surface area (Å²) < 4.78 is 5.96. The highest BCUT2D eigenvalue weighted by molar-refractivity contribution is 5.69. The highest BCUT2D eigenvalue weighted by Gasteiger charge is 2.14. The van der Waals surface area contributed by atoms with Gasteiger partial charge in [0.05, 0.1) is 0 Å². The molecule has 1 N–H and O–H groups in total. The fraction of sp³-hybridized carbons (Fsp3) is 0.788. The van der Waals surface area contributed by atoms with Crippen molar-refractivity contribution in [3.8, 4) is 5.75 Å². The average Bonchev–Trinajstić information content (AvgIpc) is 2.88. The number of aryl methyl sites for hydroxylation is 1. The first-order valence-corrected chi connectivity index (χ1v) is 15.6. The van der Waals surface area contributed by atoms with Gasteiger partial charge in [-0.2, -0.15) is 0 Å². The van der Waals surface area contributed by atoms with Gasteiger partial charge in [0.25, 0.3) is 0 Å². The van der Waals surface area contributed by atoms with Crippen LogP contribution in [0.3, 0.4) is 0 Å². The summed E-state index contributed by atoms with van der Waals surface area (Å²) in [7, 11) is 0. The number of carbonyl (C=O) groups excluding carboxylic acids is 1. The molecular weight excluding hydrogens is 444 g/mol. The van der Waals surface area contributed by atoms with E-state index in [0.29, 0.717) is 12.8 Å². The van der Waals surface area contributed by atoms with Crippen LogP contribution < -0.4 is 0 Å². The number of phenols is 1. The number of hydrogen-bond acceptors (Lipinski definition) is 3. The second-order valence-corrected chi connectivity index (χ2v) is 10.9. The largest absolute Gasteiger partial charge is 0.508 e. The first kappa shape index (κ1) is 32.5. The normalized spacial score (nSPS) is 12.1. The van der Waals surface area contributed by atoms with Gasteiger partial charge < -0.3 is 9.84 Å². The maximum Gasteiger partial charge on any atom is 0.306 e. The molecule has 1 atom stereocenters. The highest BCUT2D eigenvalue weighted by Crippen LogP contribution is 2.19. The molecule has 0 fully saturated rings. The van der Waals surface area contributed by atoms with E-state index in [0.717, 1.165) is 18.4 Å². The van der Waals surface area contributed by atoms with Gasteiger partial charge in [0, 0.05) is 6.42 Å². The number of aromatic hydroxyl groups is 1. The number of hydrogen-bond donors (Lipinski definition) is 1. The van der Waals surface area contributed by atoms with E-state index in [1.54, 1.807) is 12.1 Å². The van der Waals surface area contributed by atoms with Crippen LogP contribution in [0.5, 0.6) is 5.75 Å².